The number of likely N-dealkylation sites (tertiary alicyclic amines) is 1. The number of benzene rings is 1. The molecule has 1 N–H and O–H groups in total. The first-order chi connectivity index (χ1) is 22.0. The molecule has 2 aromatic rings. The monoisotopic (exact) mass is 650 g/mol. The molecule has 1 aromatic heterocycles. The molecule has 2 fully saturated rings. The summed E-state index contributed by atoms with van der Waals surface area (Å²) in [6.45, 7) is 16.3. The highest BCUT2D eigenvalue weighted by molar-refractivity contribution is 6.04. The van der Waals surface area contributed by atoms with Crippen LogP contribution in [0.2, 0.25) is 0 Å². The Morgan fingerprint density at radius 3 is 2.49 bits per heavy atom. The number of alkyl carbamates (subject to hydrolysis) is 1. The highest BCUT2D eigenvalue weighted by Gasteiger charge is 2.59. The molecular formula is C35H46N4O8. The van der Waals surface area contributed by atoms with Gasteiger partial charge in [-0.05, 0) is 75.1 Å². The van der Waals surface area contributed by atoms with E-state index in [1.54, 1.807) is 53.1 Å². The van der Waals surface area contributed by atoms with Gasteiger partial charge in [0.05, 0.1) is 20.3 Å². The fourth-order valence-corrected chi connectivity index (χ4v) is 5.67. The molecule has 1 aliphatic carbocycles. The van der Waals surface area contributed by atoms with Crippen molar-refractivity contribution in [2.75, 3.05) is 20.3 Å². The first-order valence-electron chi connectivity index (χ1n) is 15.8. The fourth-order valence-electron chi connectivity index (χ4n) is 5.67. The largest absolute Gasteiger partial charge is 0.497 e. The number of esters is 1. The molecule has 0 spiro atoms. The molecule has 254 valence electrons. The van der Waals surface area contributed by atoms with Crippen molar-refractivity contribution in [2.45, 2.75) is 85.1 Å². The lowest BCUT2D eigenvalue weighted by Crippen LogP contribution is -2.57. The zero-order valence-corrected chi connectivity index (χ0v) is 28.5. The molecule has 1 aromatic carbocycles. The van der Waals surface area contributed by atoms with Gasteiger partial charge in [-0.25, -0.2) is 14.8 Å². The number of hydrogen-bond acceptors (Lipinski definition) is 9. The van der Waals surface area contributed by atoms with Crippen LogP contribution in [0.25, 0.3) is 10.8 Å². The molecule has 12 nitrogen and oxygen atoms in total. The van der Waals surface area contributed by atoms with Gasteiger partial charge in [-0.3, -0.25) is 14.4 Å². The highest BCUT2D eigenvalue weighted by Crippen LogP contribution is 2.53. The minimum atomic E-state index is -1.07. The third-order valence-corrected chi connectivity index (χ3v) is 8.24. The summed E-state index contributed by atoms with van der Waals surface area (Å²) in [6.07, 6.45) is 3.73. The summed E-state index contributed by atoms with van der Waals surface area (Å²) in [5, 5.41) is 4.30. The summed E-state index contributed by atoms with van der Waals surface area (Å²) in [7, 11) is 1.58. The number of carbonyl (C=O) groups excluding carboxylic acids is 4. The number of fused-ring (bicyclic) bond motifs is 1. The Kier molecular flexibility index (Phi) is 10.3. The molecule has 3 amide bonds. The second-order valence-electron chi connectivity index (χ2n) is 14.0. The van der Waals surface area contributed by atoms with Gasteiger partial charge >= 0.3 is 12.1 Å². The molecule has 5 atom stereocenters. The Morgan fingerprint density at radius 2 is 1.89 bits per heavy atom. The minimum Gasteiger partial charge on any atom is -0.497 e. The molecule has 1 aliphatic heterocycles. The van der Waals surface area contributed by atoms with E-state index in [2.05, 4.69) is 21.9 Å². The molecule has 0 bridgehead atoms. The smallest absolute Gasteiger partial charge is 0.408 e. The van der Waals surface area contributed by atoms with Crippen LogP contribution in [0.5, 0.6) is 11.6 Å². The van der Waals surface area contributed by atoms with E-state index in [4.69, 9.17) is 18.9 Å². The molecule has 2 heterocycles. The molecule has 12 heteroatoms. The molecule has 1 saturated heterocycles. The number of allylic oxidation sites excluding steroid dienone is 1. The van der Waals surface area contributed by atoms with Crippen molar-refractivity contribution < 1.29 is 38.1 Å². The zero-order chi connectivity index (χ0) is 34.7. The van der Waals surface area contributed by atoms with Gasteiger partial charge in [-0.1, -0.05) is 26.8 Å². The standard InChI is InChI=1S/C35H46N4O8/c1-10-22-18-35(22,31(42)45-11-2)20-37-28(40)26-17-24(46-29-25-13-12-23(44-9)16-21(25)14-15-36-29)19-39(26)30(41)27(33(3,4)5)38-32(43)47-34(6,7)8/h10,12-16,20,22,24,26-27H,1,11,17-19H2,2-9H3,(H,38,43)/t22-,24?,26+,27-,35-/m1/s1. The summed E-state index contributed by atoms with van der Waals surface area (Å²) >= 11 is 0. The molecule has 2 aliphatic rings. The predicted octanol–water partition coefficient (Wildman–Crippen LogP) is 4.88. The van der Waals surface area contributed by atoms with E-state index >= 15 is 0 Å². The van der Waals surface area contributed by atoms with Crippen molar-refractivity contribution in [1.82, 2.24) is 15.2 Å². The third-order valence-electron chi connectivity index (χ3n) is 8.24. The number of aromatic nitrogens is 1. The van der Waals surface area contributed by atoms with E-state index < -0.39 is 58.5 Å². The van der Waals surface area contributed by atoms with Crippen LogP contribution in [-0.2, 0) is 23.9 Å². The average molecular weight is 651 g/mol. The molecular weight excluding hydrogens is 604 g/mol. The van der Waals surface area contributed by atoms with Gasteiger partial charge in [0.25, 0.3) is 5.91 Å². The SMILES string of the molecule is C=C[C@@H]1C[C@]1(C=NC(=O)[C@@H]1CC(Oc2nccc3cc(OC)ccc23)CN1C(=O)[C@@H](NC(=O)OC(C)(C)C)C(C)(C)C)C(=O)OCC. The number of aliphatic imine (C=N–C) groups is 1. The van der Waals surface area contributed by atoms with Gasteiger partial charge in [0.15, 0.2) is 0 Å². The van der Waals surface area contributed by atoms with Crippen molar-refractivity contribution in [3.05, 3.63) is 43.1 Å². The van der Waals surface area contributed by atoms with Gasteiger partial charge in [0.1, 0.15) is 35.0 Å². The number of ether oxygens (including phenoxy) is 4. The Bertz CT molecular complexity index is 1560. The van der Waals surface area contributed by atoms with Gasteiger partial charge in [0.2, 0.25) is 11.8 Å². The molecule has 4 rings (SSSR count). The van der Waals surface area contributed by atoms with E-state index in [1.165, 1.54) is 11.1 Å². The number of methoxy groups -OCH3 is 1. The Hall–Kier alpha value is -4.48. The Morgan fingerprint density at radius 1 is 1.17 bits per heavy atom. The van der Waals surface area contributed by atoms with Crippen LogP contribution in [0.1, 0.15) is 61.3 Å². The van der Waals surface area contributed by atoms with Crippen molar-refractivity contribution >= 4 is 40.9 Å². The maximum absolute atomic E-state index is 14.3. The van der Waals surface area contributed by atoms with E-state index in [0.29, 0.717) is 18.1 Å². The van der Waals surface area contributed by atoms with E-state index in [9.17, 15) is 19.2 Å². The average Bonchev–Trinajstić information content (AvgIpc) is 3.58. The molecule has 1 unspecified atom stereocenters. The first kappa shape index (κ1) is 35.4. The van der Waals surface area contributed by atoms with Crippen LogP contribution in [0, 0.1) is 16.7 Å². The van der Waals surface area contributed by atoms with Crippen LogP contribution in [0.3, 0.4) is 0 Å². The molecule has 47 heavy (non-hydrogen) atoms. The number of rotatable bonds is 10. The summed E-state index contributed by atoms with van der Waals surface area (Å²) in [5.41, 5.74) is -2.61. The van der Waals surface area contributed by atoms with Crippen molar-refractivity contribution in [3.8, 4) is 11.6 Å². The van der Waals surface area contributed by atoms with Crippen molar-refractivity contribution in [3.63, 3.8) is 0 Å². The molecule has 0 radical (unpaired) electrons. The maximum atomic E-state index is 14.3. The van der Waals surface area contributed by atoms with Crippen LogP contribution < -0.4 is 14.8 Å². The Labute approximate surface area is 275 Å². The number of nitrogens with one attached hydrogen (secondary N) is 1. The number of pyridine rings is 1. The van der Waals surface area contributed by atoms with Gasteiger partial charge in [-0.2, -0.15) is 0 Å². The summed E-state index contributed by atoms with van der Waals surface area (Å²) < 4.78 is 22.4. The highest BCUT2D eigenvalue weighted by atomic mass is 16.6. The minimum absolute atomic E-state index is 0.0276. The Balaban J connectivity index is 1.66. The van der Waals surface area contributed by atoms with Crippen LogP contribution in [-0.4, -0.2) is 84.0 Å². The van der Waals surface area contributed by atoms with E-state index in [1.807, 2.05) is 39.0 Å². The summed E-state index contributed by atoms with van der Waals surface area (Å²) in [6, 6.07) is 5.25. The lowest BCUT2D eigenvalue weighted by Gasteiger charge is -2.35. The third kappa shape index (κ3) is 8.09. The second kappa shape index (κ2) is 13.7. The second-order valence-corrected chi connectivity index (χ2v) is 14.0. The summed E-state index contributed by atoms with van der Waals surface area (Å²) in [5.74, 6) is -0.787. The van der Waals surface area contributed by atoms with Gasteiger partial charge in [-0.15, -0.1) is 6.58 Å². The summed E-state index contributed by atoms with van der Waals surface area (Å²) in [4.78, 5) is 63.7. The number of amides is 3. The van der Waals surface area contributed by atoms with Crippen LogP contribution in [0.15, 0.2) is 48.1 Å². The quantitative estimate of drug-likeness (QED) is 0.216. The number of carbonyl (C=O) groups is 4. The molecule has 1 saturated carbocycles. The van der Waals surface area contributed by atoms with Gasteiger partial charge < -0.3 is 29.2 Å². The topological polar surface area (TPSA) is 146 Å². The van der Waals surface area contributed by atoms with Crippen LogP contribution >= 0.6 is 0 Å². The normalized spacial score (nSPS) is 23.2. The van der Waals surface area contributed by atoms with E-state index in [-0.39, 0.29) is 25.5 Å². The first-order valence-corrected chi connectivity index (χ1v) is 15.8. The van der Waals surface area contributed by atoms with Crippen LogP contribution in [0.4, 0.5) is 4.79 Å². The fraction of sp³-hybridized carbons (Fsp3) is 0.543. The lowest BCUT2D eigenvalue weighted by atomic mass is 9.85. The number of hydrogen-bond donors (Lipinski definition) is 1. The maximum Gasteiger partial charge on any atom is 0.408 e. The van der Waals surface area contributed by atoms with Gasteiger partial charge in [0, 0.05) is 24.2 Å². The zero-order valence-electron chi connectivity index (χ0n) is 28.5. The lowest BCUT2D eigenvalue weighted by molar-refractivity contribution is -0.147. The van der Waals surface area contributed by atoms with Crippen molar-refractivity contribution in [1.29, 1.82) is 0 Å². The van der Waals surface area contributed by atoms with E-state index in [0.717, 1.165) is 10.8 Å². The van der Waals surface area contributed by atoms with Crippen molar-refractivity contribution in [2.24, 2.45) is 21.7 Å². The predicted molar refractivity (Wildman–Crippen MR) is 176 cm³/mol. The number of nitrogens with zero attached hydrogens (tertiary/aromatic N) is 3.